The molecule has 0 saturated heterocycles. The molecule has 1 aliphatic heterocycles. The molecule has 0 fully saturated rings. The van der Waals surface area contributed by atoms with Crippen molar-refractivity contribution in [3.63, 3.8) is 0 Å². The summed E-state index contributed by atoms with van der Waals surface area (Å²) in [5.41, 5.74) is 1.79. The Morgan fingerprint density at radius 2 is 1.96 bits per heavy atom. The number of nitro benzene ring substituents is 1. The predicted molar refractivity (Wildman–Crippen MR) is 95.4 cm³/mol. The van der Waals surface area contributed by atoms with Crippen molar-refractivity contribution in [2.75, 3.05) is 23.9 Å². The topological polar surface area (TPSA) is 102 Å². The van der Waals surface area contributed by atoms with Crippen LogP contribution in [0.2, 0.25) is 0 Å². The van der Waals surface area contributed by atoms with Gasteiger partial charge in [0, 0.05) is 29.9 Å². The van der Waals surface area contributed by atoms with Crippen molar-refractivity contribution in [1.29, 1.82) is 0 Å². The van der Waals surface area contributed by atoms with Crippen LogP contribution in [-0.2, 0) is 16.0 Å². The van der Waals surface area contributed by atoms with Gasteiger partial charge in [-0.15, -0.1) is 0 Å². The molecule has 26 heavy (non-hydrogen) atoms. The quantitative estimate of drug-likeness (QED) is 0.656. The van der Waals surface area contributed by atoms with Crippen molar-refractivity contribution in [3.8, 4) is 5.75 Å². The Labute approximate surface area is 149 Å². The van der Waals surface area contributed by atoms with Crippen molar-refractivity contribution < 1.29 is 19.2 Å². The molecule has 0 saturated carbocycles. The van der Waals surface area contributed by atoms with E-state index >= 15 is 0 Å². The molecule has 8 heteroatoms. The Hall–Kier alpha value is -3.42. The standard InChI is InChI=1S/C18H17N3O5/c1-26-15-6-3-13(4-7-15)19-17(22)11-20-16-8-5-14(21(24)25)10-12(16)2-9-18(20)23/h3-8,10H,2,9,11H2,1H3,(H,19,22). The molecule has 8 nitrogen and oxygen atoms in total. The minimum atomic E-state index is -0.475. The van der Waals surface area contributed by atoms with Gasteiger partial charge in [-0.05, 0) is 42.3 Å². The second-order valence-electron chi connectivity index (χ2n) is 5.83. The lowest BCUT2D eigenvalue weighted by atomic mass is 10.0. The summed E-state index contributed by atoms with van der Waals surface area (Å²) >= 11 is 0. The fraction of sp³-hybridized carbons (Fsp3) is 0.222. The number of non-ortho nitro benzene ring substituents is 1. The number of rotatable bonds is 5. The minimum Gasteiger partial charge on any atom is -0.497 e. The molecule has 1 aliphatic rings. The van der Waals surface area contributed by atoms with E-state index in [0.29, 0.717) is 29.1 Å². The summed E-state index contributed by atoms with van der Waals surface area (Å²) in [7, 11) is 1.55. The number of aryl methyl sites for hydroxylation is 1. The lowest BCUT2D eigenvalue weighted by Gasteiger charge is -2.28. The smallest absolute Gasteiger partial charge is 0.269 e. The maximum atomic E-state index is 12.3. The van der Waals surface area contributed by atoms with Crippen molar-refractivity contribution in [1.82, 2.24) is 0 Å². The van der Waals surface area contributed by atoms with Crippen LogP contribution in [-0.4, -0.2) is 30.4 Å². The number of nitrogens with one attached hydrogen (secondary N) is 1. The van der Waals surface area contributed by atoms with Crippen LogP contribution in [0.25, 0.3) is 0 Å². The summed E-state index contributed by atoms with van der Waals surface area (Å²) in [6, 6.07) is 11.2. The Morgan fingerprint density at radius 3 is 2.62 bits per heavy atom. The maximum Gasteiger partial charge on any atom is 0.269 e. The Morgan fingerprint density at radius 1 is 1.23 bits per heavy atom. The number of ether oxygens (including phenoxy) is 1. The predicted octanol–water partition coefficient (Wildman–Crippen LogP) is 2.52. The molecule has 0 radical (unpaired) electrons. The van der Waals surface area contributed by atoms with Gasteiger partial charge < -0.3 is 15.0 Å². The summed E-state index contributed by atoms with van der Waals surface area (Å²) in [5, 5.41) is 13.6. The second kappa shape index (κ2) is 7.22. The minimum absolute atomic E-state index is 0.0271. The fourth-order valence-electron chi connectivity index (χ4n) is 2.85. The molecule has 3 rings (SSSR count). The number of nitrogens with zero attached hydrogens (tertiary/aromatic N) is 2. The lowest BCUT2D eigenvalue weighted by molar-refractivity contribution is -0.384. The van der Waals surface area contributed by atoms with E-state index in [1.165, 1.54) is 23.1 Å². The molecule has 2 aromatic carbocycles. The first-order valence-electron chi connectivity index (χ1n) is 7.99. The average molecular weight is 355 g/mol. The molecule has 1 N–H and O–H groups in total. The number of hydrogen-bond acceptors (Lipinski definition) is 5. The molecular weight excluding hydrogens is 338 g/mol. The highest BCUT2D eigenvalue weighted by Gasteiger charge is 2.27. The summed E-state index contributed by atoms with van der Waals surface area (Å²) in [5.74, 6) is 0.135. The van der Waals surface area contributed by atoms with Crippen LogP contribution in [0.5, 0.6) is 5.75 Å². The number of fused-ring (bicyclic) bond motifs is 1. The molecule has 2 amide bonds. The van der Waals surface area contributed by atoms with Gasteiger partial charge in [-0.2, -0.15) is 0 Å². The van der Waals surface area contributed by atoms with E-state index in [1.54, 1.807) is 31.4 Å². The van der Waals surface area contributed by atoms with Gasteiger partial charge >= 0.3 is 0 Å². The van der Waals surface area contributed by atoms with E-state index in [9.17, 15) is 19.7 Å². The number of benzene rings is 2. The van der Waals surface area contributed by atoms with E-state index in [2.05, 4.69) is 5.32 Å². The lowest BCUT2D eigenvalue weighted by Crippen LogP contribution is -2.40. The zero-order chi connectivity index (χ0) is 18.7. The third-order valence-electron chi connectivity index (χ3n) is 4.15. The highest BCUT2D eigenvalue weighted by molar-refractivity contribution is 6.04. The molecule has 0 atom stereocenters. The zero-order valence-corrected chi connectivity index (χ0v) is 14.1. The summed E-state index contributed by atoms with van der Waals surface area (Å²) in [6.07, 6.45) is 0.635. The van der Waals surface area contributed by atoms with Gasteiger partial charge in [0.2, 0.25) is 11.8 Å². The number of amides is 2. The highest BCUT2D eigenvalue weighted by Crippen LogP contribution is 2.31. The van der Waals surface area contributed by atoms with Crippen molar-refractivity contribution in [2.24, 2.45) is 0 Å². The van der Waals surface area contributed by atoms with Crippen LogP contribution in [0.1, 0.15) is 12.0 Å². The van der Waals surface area contributed by atoms with Gasteiger partial charge in [0.05, 0.1) is 12.0 Å². The van der Waals surface area contributed by atoms with E-state index in [0.717, 1.165) is 0 Å². The first-order valence-corrected chi connectivity index (χ1v) is 7.99. The second-order valence-corrected chi connectivity index (χ2v) is 5.83. The van der Waals surface area contributed by atoms with E-state index in [-0.39, 0.29) is 30.5 Å². The van der Waals surface area contributed by atoms with E-state index in [1.807, 2.05) is 0 Å². The van der Waals surface area contributed by atoms with Gasteiger partial charge in [-0.3, -0.25) is 19.7 Å². The van der Waals surface area contributed by atoms with E-state index < -0.39 is 4.92 Å². The molecule has 1 heterocycles. The molecule has 2 aromatic rings. The molecule has 0 aliphatic carbocycles. The maximum absolute atomic E-state index is 12.3. The van der Waals surface area contributed by atoms with Gasteiger partial charge in [-0.1, -0.05) is 0 Å². The Kier molecular flexibility index (Phi) is 4.83. The first-order chi connectivity index (χ1) is 12.5. The normalized spacial score (nSPS) is 13.1. The number of methoxy groups -OCH3 is 1. The van der Waals surface area contributed by atoms with Crippen molar-refractivity contribution >= 4 is 28.9 Å². The first kappa shape index (κ1) is 17.4. The highest BCUT2D eigenvalue weighted by atomic mass is 16.6. The van der Waals surface area contributed by atoms with Gasteiger partial charge in [0.15, 0.2) is 0 Å². The largest absolute Gasteiger partial charge is 0.497 e. The molecule has 0 unspecified atom stereocenters. The summed E-state index contributed by atoms with van der Waals surface area (Å²) < 4.78 is 5.06. The number of hydrogen-bond donors (Lipinski definition) is 1. The van der Waals surface area contributed by atoms with Gasteiger partial charge in [0.25, 0.3) is 5.69 Å². The van der Waals surface area contributed by atoms with Crippen molar-refractivity contribution in [3.05, 3.63) is 58.1 Å². The molecule has 0 aromatic heterocycles. The number of nitro groups is 1. The number of anilines is 2. The molecule has 0 spiro atoms. The number of carbonyl (C=O) groups is 2. The number of carbonyl (C=O) groups excluding carboxylic acids is 2. The molecule has 134 valence electrons. The zero-order valence-electron chi connectivity index (χ0n) is 14.1. The fourth-order valence-corrected chi connectivity index (χ4v) is 2.85. The Bertz CT molecular complexity index is 864. The monoisotopic (exact) mass is 355 g/mol. The van der Waals surface area contributed by atoms with Gasteiger partial charge in [-0.25, -0.2) is 0 Å². The Balaban J connectivity index is 1.75. The molecular formula is C18H17N3O5. The van der Waals surface area contributed by atoms with Crippen molar-refractivity contribution in [2.45, 2.75) is 12.8 Å². The summed E-state index contributed by atoms with van der Waals surface area (Å²) in [4.78, 5) is 36.4. The van der Waals surface area contributed by atoms with Crippen LogP contribution in [0.4, 0.5) is 17.1 Å². The molecule has 0 bridgehead atoms. The third-order valence-corrected chi connectivity index (χ3v) is 4.15. The summed E-state index contributed by atoms with van der Waals surface area (Å²) in [6.45, 7) is -0.157. The van der Waals surface area contributed by atoms with Crippen LogP contribution in [0, 0.1) is 10.1 Å². The van der Waals surface area contributed by atoms with Gasteiger partial charge in [0.1, 0.15) is 12.3 Å². The van der Waals surface area contributed by atoms with Crippen LogP contribution >= 0.6 is 0 Å². The van der Waals surface area contributed by atoms with Crippen LogP contribution in [0.3, 0.4) is 0 Å². The third kappa shape index (κ3) is 3.64. The SMILES string of the molecule is COc1ccc(NC(=O)CN2C(=O)CCc3cc([N+](=O)[O-])ccc32)cc1. The van der Waals surface area contributed by atoms with Crippen LogP contribution < -0.4 is 15.0 Å². The van der Waals surface area contributed by atoms with E-state index in [4.69, 9.17) is 4.74 Å². The van der Waals surface area contributed by atoms with Crippen LogP contribution in [0.15, 0.2) is 42.5 Å². The average Bonchev–Trinajstić information content (AvgIpc) is 2.64.